The summed E-state index contributed by atoms with van der Waals surface area (Å²) < 4.78 is 1.34. The summed E-state index contributed by atoms with van der Waals surface area (Å²) in [7, 11) is 0. The summed E-state index contributed by atoms with van der Waals surface area (Å²) in [4.78, 5) is 40.2. The molecule has 2 heterocycles. The third-order valence-electron chi connectivity index (χ3n) is 3.85. The van der Waals surface area contributed by atoms with Crippen LogP contribution in [0.2, 0.25) is 5.02 Å². The zero-order valence-electron chi connectivity index (χ0n) is 15.0. The second-order valence-electron chi connectivity index (χ2n) is 6.11. The monoisotopic (exact) mass is 396 g/mol. The van der Waals surface area contributed by atoms with Crippen molar-refractivity contribution in [2.45, 2.75) is 13.5 Å². The maximum absolute atomic E-state index is 12.2. The lowest BCUT2D eigenvalue weighted by molar-refractivity contribution is -0.116. The van der Waals surface area contributed by atoms with Gasteiger partial charge in [0.2, 0.25) is 5.91 Å². The van der Waals surface area contributed by atoms with E-state index < -0.39 is 0 Å². The molecule has 142 valence electrons. The van der Waals surface area contributed by atoms with E-state index >= 15 is 0 Å². The van der Waals surface area contributed by atoms with E-state index in [2.05, 4.69) is 15.6 Å². The van der Waals surface area contributed by atoms with E-state index in [9.17, 15) is 14.4 Å². The van der Waals surface area contributed by atoms with Crippen molar-refractivity contribution in [1.82, 2.24) is 9.55 Å². The standard InChI is InChI=1S/C20H17ClN4O3/c1-13-2-9-19(27)25(11-13)12-18(26)23-16-6-3-14(4-7-16)20(28)24-17-8-5-15(21)10-22-17/h2-11H,12H2,1H3,(H,23,26)(H,22,24,28). The molecule has 2 N–H and O–H groups in total. The quantitative estimate of drug-likeness (QED) is 0.693. The number of carbonyl (C=O) groups is 2. The Morgan fingerprint density at radius 1 is 1.04 bits per heavy atom. The number of benzene rings is 1. The summed E-state index contributed by atoms with van der Waals surface area (Å²) in [6.07, 6.45) is 3.06. The van der Waals surface area contributed by atoms with Gasteiger partial charge in [0.05, 0.1) is 5.02 Å². The maximum atomic E-state index is 12.2. The van der Waals surface area contributed by atoms with Crippen LogP contribution in [-0.2, 0) is 11.3 Å². The van der Waals surface area contributed by atoms with Gasteiger partial charge in [0.1, 0.15) is 12.4 Å². The van der Waals surface area contributed by atoms with Crippen LogP contribution in [0.15, 0.2) is 65.7 Å². The third kappa shape index (κ3) is 5.05. The smallest absolute Gasteiger partial charge is 0.256 e. The topological polar surface area (TPSA) is 93.1 Å². The molecule has 0 fully saturated rings. The van der Waals surface area contributed by atoms with Crippen molar-refractivity contribution in [2.24, 2.45) is 0 Å². The van der Waals surface area contributed by atoms with E-state index in [1.807, 2.05) is 6.92 Å². The minimum atomic E-state index is -0.338. The van der Waals surface area contributed by atoms with Gasteiger partial charge in [0.25, 0.3) is 11.5 Å². The number of aromatic nitrogens is 2. The first-order chi connectivity index (χ1) is 13.4. The van der Waals surface area contributed by atoms with Gasteiger partial charge in [0.15, 0.2) is 0 Å². The molecule has 28 heavy (non-hydrogen) atoms. The zero-order valence-corrected chi connectivity index (χ0v) is 15.7. The lowest BCUT2D eigenvalue weighted by Gasteiger charge is -2.09. The second kappa shape index (κ2) is 8.49. The Morgan fingerprint density at radius 2 is 1.79 bits per heavy atom. The van der Waals surface area contributed by atoms with Gasteiger partial charge in [0, 0.05) is 29.7 Å². The molecule has 7 nitrogen and oxygen atoms in total. The Morgan fingerprint density at radius 3 is 2.46 bits per heavy atom. The number of carbonyl (C=O) groups excluding carboxylic acids is 2. The average molecular weight is 397 g/mol. The summed E-state index contributed by atoms with van der Waals surface area (Å²) in [5.41, 5.74) is 1.57. The summed E-state index contributed by atoms with van der Waals surface area (Å²) >= 11 is 5.76. The first-order valence-corrected chi connectivity index (χ1v) is 8.78. The lowest BCUT2D eigenvalue weighted by atomic mass is 10.2. The van der Waals surface area contributed by atoms with E-state index in [1.54, 1.807) is 48.7 Å². The first kappa shape index (κ1) is 19.3. The molecule has 3 rings (SSSR count). The van der Waals surface area contributed by atoms with E-state index in [-0.39, 0.29) is 23.9 Å². The number of pyridine rings is 2. The summed E-state index contributed by atoms with van der Waals surface area (Å²) in [6, 6.07) is 12.7. The Bertz CT molecular complexity index is 1060. The van der Waals surface area contributed by atoms with Crippen molar-refractivity contribution >= 4 is 34.9 Å². The fourth-order valence-corrected chi connectivity index (χ4v) is 2.58. The highest BCUT2D eigenvalue weighted by molar-refractivity contribution is 6.30. The molecule has 8 heteroatoms. The number of halogens is 1. The van der Waals surface area contributed by atoms with Crippen molar-refractivity contribution < 1.29 is 9.59 Å². The van der Waals surface area contributed by atoms with Crippen LogP contribution in [0.4, 0.5) is 11.5 Å². The molecule has 0 aliphatic rings. The molecule has 2 aromatic heterocycles. The van der Waals surface area contributed by atoms with E-state index in [4.69, 9.17) is 11.6 Å². The highest BCUT2D eigenvalue weighted by Gasteiger charge is 2.09. The van der Waals surface area contributed by atoms with Crippen molar-refractivity contribution in [2.75, 3.05) is 10.6 Å². The van der Waals surface area contributed by atoms with Crippen molar-refractivity contribution in [3.8, 4) is 0 Å². The lowest BCUT2D eigenvalue weighted by Crippen LogP contribution is -2.26. The summed E-state index contributed by atoms with van der Waals surface area (Å²) in [5, 5.41) is 5.84. The Hall–Kier alpha value is -3.45. The largest absolute Gasteiger partial charge is 0.325 e. The minimum Gasteiger partial charge on any atom is -0.325 e. The molecular weight excluding hydrogens is 380 g/mol. The van der Waals surface area contributed by atoms with Gasteiger partial charge in [-0.05, 0) is 48.9 Å². The Balaban J connectivity index is 1.61. The fourth-order valence-electron chi connectivity index (χ4n) is 2.47. The highest BCUT2D eigenvalue weighted by atomic mass is 35.5. The SMILES string of the molecule is Cc1ccc(=O)n(CC(=O)Nc2ccc(C(=O)Nc3ccc(Cl)cn3)cc2)c1. The van der Waals surface area contributed by atoms with Crippen LogP contribution in [0.5, 0.6) is 0 Å². The van der Waals surface area contributed by atoms with E-state index in [0.29, 0.717) is 22.1 Å². The molecule has 0 atom stereocenters. The molecule has 0 saturated carbocycles. The normalized spacial score (nSPS) is 10.4. The molecule has 0 radical (unpaired) electrons. The van der Waals surface area contributed by atoms with Gasteiger partial charge in [-0.3, -0.25) is 14.4 Å². The number of aryl methyl sites for hydroxylation is 1. The van der Waals surface area contributed by atoms with Crippen LogP contribution in [-0.4, -0.2) is 21.4 Å². The number of hydrogen-bond acceptors (Lipinski definition) is 4. The van der Waals surface area contributed by atoms with Crippen LogP contribution < -0.4 is 16.2 Å². The number of hydrogen-bond donors (Lipinski definition) is 2. The van der Waals surface area contributed by atoms with Crippen LogP contribution in [0.3, 0.4) is 0 Å². The molecule has 2 amide bonds. The summed E-state index contributed by atoms with van der Waals surface area (Å²) in [6.45, 7) is 1.75. The van der Waals surface area contributed by atoms with Crippen molar-refractivity contribution in [3.63, 3.8) is 0 Å². The second-order valence-corrected chi connectivity index (χ2v) is 6.55. The first-order valence-electron chi connectivity index (χ1n) is 8.40. The van der Waals surface area contributed by atoms with Crippen molar-refractivity contribution in [1.29, 1.82) is 0 Å². The van der Waals surface area contributed by atoms with Gasteiger partial charge in [-0.2, -0.15) is 0 Å². The van der Waals surface area contributed by atoms with E-state index in [0.717, 1.165) is 5.56 Å². The molecule has 0 aliphatic carbocycles. The van der Waals surface area contributed by atoms with Crippen molar-refractivity contribution in [3.05, 3.63) is 87.4 Å². The third-order valence-corrected chi connectivity index (χ3v) is 4.07. The average Bonchev–Trinajstić information content (AvgIpc) is 2.67. The molecular formula is C20H17ClN4O3. The van der Waals surface area contributed by atoms with E-state index in [1.165, 1.54) is 16.8 Å². The van der Waals surface area contributed by atoms with Crippen LogP contribution in [0.25, 0.3) is 0 Å². The molecule has 3 aromatic rings. The number of nitrogens with one attached hydrogen (secondary N) is 2. The van der Waals surface area contributed by atoms with Gasteiger partial charge in [-0.15, -0.1) is 0 Å². The Kier molecular flexibility index (Phi) is 5.86. The molecule has 0 unspecified atom stereocenters. The maximum Gasteiger partial charge on any atom is 0.256 e. The predicted molar refractivity (Wildman–Crippen MR) is 108 cm³/mol. The zero-order chi connectivity index (χ0) is 20.1. The number of amides is 2. The van der Waals surface area contributed by atoms with Crippen LogP contribution in [0.1, 0.15) is 15.9 Å². The number of anilines is 2. The molecule has 1 aromatic carbocycles. The Labute approximate surface area is 166 Å². The van der Waals surface area contributed by atoms with Crippen LogP contribution in [0, 0.1) is 6.92 Å². The minimum absolute atomic E-state index is 0.0923. The fraction of sp³-hybridized carbons (Fsp3) is 0.100. The molecule has 0 aliphatic heterocycles. The van der Waals surface area contributed by atoms with Gasteiger partial charge in [-0.25, -0.2) is 4.98 Å². The molecule has 0 bridgehead atoms. The van der Waals surface area contributed by atoms with Gasteiger partial charge < -0.3 is 15.2 Å². The predicted octanol–water partition coefficient (Wildman–Crippen LogP) is 3.10. The van der Waals surface area contributed by atoms with Crippen LogP contribution >= 0.6 is 11.6 Å². The van der Waals surface area contributed by atoms with Gasteiger partial charge >= 0.3 is 0 Å². The number of nitrogens with zero attached hydrogens (tertiary/aromatic N) is 2. The molecule has 0 saturated heterocycles. The highest BCUT2D eigenvalue weighted by Crippen LogP contribution is 2.13. The number of rotatable bonds is 5. The summed E-state index contributed by atoms with van der Waals surface area (Å²) in [5.74, 6) is -0.287. The van der Waals surface area contributed by atoms with Gasteiger partial charge in [-0.1, -0.05) is 17.7 Å². The molecule has 0 spiro atoms.